The van der Waals surface area contributed by atoms with Crippen molar-refractivity contribution in [3.05, 3.63) is 72.4 Å². The number of hydrogen-bond donors (Lipinski definition) is 2. The second kappa shape index (κ2) is 6.97. The summed E-state index contributed by atoms with van der Waals surface area (Å²) in [5.74, 6) is 0.160. The molecule has 28 heavy (non-hydrogen) atoms. The van der Waals surface area contributed by atoms with E-state index in [1.807, 2.05) is 30.3 Å². The van der Waals surface area contributed by atoms with Crippen molar-refractivity contribution in [3.63, 3.8) is 0 Å². The van der Waals surface area contributed by atoms with E-state index in [9.17, 15) is 13.2 Å². The molecule has 1 aliphatic rings. The SMILES string of the molecule is CN1C(=O)Cc2cc(S(=O)(=O)Nc3ccc(Nc4ccccc4)cn3)ccc21. The van der Waals surface area contributed by atoms with Gasteiger partial charge in [-0.1, -0.05) is 18.2 Å². The zero-order chi connectivity index (χ0) is 19.7. The van der Waals surface area contributed by atoms with Gasteiger partial charge in [0, 0.05) is 18.4 Å². The van der Waals surface area contributed by atoms with Crippen LogP contribution in [0.5, 0.6) is 0 Å². The molecular formula is C20H18N4O3S. The molecule has 142 valence electrons. The zero-order valence-electron chi connectivity index (χ0n) is 15.1. The normalized spacial score (nSPS) is 13.3. The third-order valence-corrected chi connectivity index (χ3v) is 5.86. The molecule has 0 atom stereocenters. The standard InChI is InChI=1S/C20H18N4O3S/c1-24-18-9-8-17(11-14(18)12-20(24)25)28(26,27)23-19-10-7-16(13-21-19)22-15-5-3-2-4-6-15/h2-11,13,22H,12H2,1H3,(H,21,23). The molecule has 0 aliphatic carbocycles. The molecule has 0 spiro atoms. The van der Waals surface area contributed by atoms with Gasteiger partial charge in [0.1, 0.15) is 5.82 Å². The molecule has 8 heteroatoms. The van der Waals surface area contributed by atoms with Crippen LogP contribution >= 0.6 is 0 Å². The lowest BCUT2D eigenvalue weighted by Crippen LogP contribution is -2.20. The van der Waals surface area contributed by atoms with Crippen LogP contribution in [0, 0.1) is 0 Å². The molecule has 0 radical (unpaired) electrons. The number of likely N-dealkylation sites (N-methyl/N-ethyl adjacent to an activating group) is 1. The summed E-state index contributed by atoms with van der Waals surface area (Å²) in [5.41, 5.74) is 3.09. The van der Waals surface area contributed by atoms with Gasteiger partial charge < -0.3 is 10.2 Å². The van der Waals surface area contributed by atoms with Crippen molar-refractivity contribution in [2.75, 3.05) is 22.0 Å². The Balaban J connectivity index is 1.51. The molecule has 2 aromatic carbocycles. The van der Waals surface area contributed by atoms with E-state index in [1.54, 1.807) is 31.4 Å². The van der Waals surface area contributed by atoms with Crippen LogP contribution in [0.1, 0.15) is 5.56 Å². The lowest BCUT2D eigenvalue weighted by Gasteiger charge is -2.12. The van der Waals surface area contributed by atoms with Crippen molar-refractivity contribution in [2.24, 2.45) is 0 Å². The first-order valence-electron chi connectivity index (χ1n) is 8.63. The van der Waals surface area contributed by atoms with Crippen molar-refractivity contribution in [3.8, 4) is 0 Å². The number of aromatic nitrogens is 1. The molecule has 1 aliphatic heterocycles. The third kappa shape index (κ3) is 3.54. The Kier molecular flexibility index (Phi) is 4.48. The quantitative estimate of drug-likeness (QED) is 0.694. The summed E-state index contributed by atoms with van der Waals surface area (Å²) in [6.07, 6.45) is 1.76. The first kappa shape index (κ1) is 18.0. The van der Waals surface area contributed by atoms with E-state index < -0.39 is 10.0 Å². The third-order valence-electron chi connectivity index (χ3n) is 4.50. The molecule has 2 N–H and O–H groups in total. The summed E-state index contributed by atoms with van der Waals surface area (Å²) in [6, 6.07) is 17.6. The molecule has 0 bridgehead atoms. The van der Waals surface area contributed by atoms with Crippen molar-refractivity contribution in [2.45, 2.75) is 11.3 Å². The molecule has 1 amide bonds. The molecule has 2 heterocycles. The smallest absolute Gasteiger partial charge is 0.263 e. The Labute approximate surface area is 163 Å². The first-order chi connectivity index (χ1) is 13.4. The number of pyridine rings is 1. The van der Waals surface area contributed by atoms with Crippen LogP contribution < -0.4 is 14.9 Å². The van der Waals surface area contributed by atoms with Gasteiger partial charge in [-0.2, -0.15) is 0 Å². The molecule has 1 aromatic heterocycles. The summed E-state index contributed by atoms with van der Waals surface area (Å²) in [4.78, 5) is 17.6. The minimum Gasteiger partial charge on any atom is -0.354 e. The summed E-state index contributed by atoms with van der Waals surface area (Å²) in [5, 5.41) is 3.19. The molecule has 0 saturated carbocycles. The number of hydrogen-bond acceptors (Lipinski definition) is 5. The fraction of sp³-hybridized carbons (Fsp3) is 0.100. The highest BCUT2D eigenvalue weighted by Gasteiger charge is 2.26. The molecule has 3 aromatic rings. The maximum Gasteiger partial charge on any atom is 0.263 e. The average molecular weight is 394 g/mol. The van der Waals surface area contributed by atoms with E-state index in [4.69, 9.17) is 0 Å². The molecule has 0 saturated heterocycles. The van der Waals surface area contributed by atoms with Crippen LogP contribution in [0.4, 0.5) is 22.9 Å². The molecule has 0 unspecified atom stereocenters. The van der Waals surface area contributed by atoms with Gasteiger partial charge in [0.05, 0.1) is 23.2 Å². The van der Waals surface area contributed by atoms with Gasteiger partial charge in [0.2, 0.25) is 5.91 Å². The monoisotopic (exact) mass is 394 g/mol. The number of fused-ring (bicyclic) bond motifs is 1. The van der Waals surface area contributed by atoms with Crippen molar-refractivity contribution >= 4 is 38.8 Å². The number of para-hydroxylation sites is 1. The van der Waals surface area contributed by atoms with Gasteiger partial charge in [0.15, 0.2) is 0 Å². The highest BCUT2D eigenvalue weighted by Crippen LogP contribution is 2.30. The van der Waals surface area contributed by atoms with E-state index in [2.05, 4.69) is 15.0 Å². The molecule has 7 nitrogen and oxygen atoms in total. The highest BCUT2D eigenvalue weighted by molar-refractivity contribution is 7.92. The number of amides is 1. The number of sulfonamides is 1. The van der Waals surface area contributed by atoms with E-state index in [0.717, 1.165) is 17.1 Å². The van der Waals surface area contributed by atoms with Crippen molar-refractivity contribution in [1.29, 1.82) is 0 Å². The van der Waals surface area contributed by atoms with Crippen LogP contribution in [0.15, 0.2) is 71.8 Å². The molecule has 0 fully saturated rings. The van der Waals surface area contributed by atoms with E-state index in [1.165, 1.54) is 17.0 Å². The lowest BCUT2D eigenvalue weighted by atomic mass is 10.2. The van der Waals surface area contributed by atoms with E-state index in [-0.39, 0.29) is 23.0 Å². The van der Waals surface area contributed by atoms with E-state index >= 15 is 0 Å². The Bertz CT molecular complexity index is 1130. The Morgan fingerprint density at radius 2 is 1.79 bits per heavy atom. The number of nitrogens with zero attached hydrogens (tertiary/aromatic N) is 2. The van der Waals surface area contributed by atoms with Crippen molar-refractivity contribution in [1.82, 2.24) is 4.98 Å². The number of anilines is 4. The van der Waals surface area contributed by atoms with Gasteiger partial charge in [0.25, 0.3) is 10.0 Å². The minimum atomic E-state index is -3.80. The Morgan fingerprint density at radius 1 is 1.00 bits per heavy atom. The average Bonchev–Trinajstić information content (AvgIpc) is 2.97. The summed E-state index contributed by atoms with van der Waals surface area (Å²) in [7, 11) is -2.13. The van der Waals surface area contributed by atoms with Crippen LogP contribution in [0.2, 0.25) is 0 Å². The number of rotatable bonds is 5. The van der Waals surface area contributed by atoms with Gasteiger partial charge in [-0.15, -0.1) is 0 Å². The first-order valence-corrected chi connectivity index (χ1v) is 10.1. The lowest BCUT2D eigenvalue weighted by molar-refractivity contribution is -0.117. The van der Waals surface area contributed by atoms with E-state index in [0.29, 0.717) is 5.56 Å². The number of carbonyl (C=O) groups excluding carboxylic acids is 1. The van der Waals surface area contributed by atoms with Gasteiger partial charge in [-0.05, 0) is 48.0 Å². The maximum absolute atomic E-state index is 12.7. The minimum absolute atomic E-state index is 0.0549. The Hall–Kier alpha value is -3.39. The topological polar surface area (TPSA) is 91.4 Å². The zero-order valence-corrected chi connectivity index (χ0v) is 15.9. The summed E-state index contributed by atoms with van der Waals surface area (Å²) < 4.78 is 27.8. The molecular weight excluding hydrogens is 376 g/mol. The van der Waals surface area contributed by atoms with Crippen molar-refractivity contribution < 1.29 is 13.2 Å². The Morgan fingerprint density at radius 3 is 2.50 bits per heavy atom. The highest BCUT2D eigenvalue weighted by atomic mass is 32.2. The van der Waals surface area contributed by atoms with Crippen LogP contribution in [-0.4, -0.2) is 26.4 Å². The van der Waals surface area contributed by atoms with Crippen LogP contribution in [0.25, 0.3) is 0 Å². The maximum atomic E-state index is 12.7. The second-order valence-corrected chi connectivity index (χ2v) is 8.13. The van der Waals surface area contributed by atoms with Gasteiger partial charge in [-0.25, -0.2) is 13.4 Å². The van der Waals surface area contributed by atoms with Crippen LogP contribution in [0.3, 0.4) is 0 Å². The number of carbonyl (C=O) groups is 1. The van der Waals surface area contributed by atoms with Gasteiger partial charge in [-0.3, -0.25) is 9.52 Å². The fourth-order valence-corrected chi connectivity index (χ4v) is 4.09. The number of nitrogens with one attached hydrogen (secondary N) is 2. The predicted octanol–water partition coefficient (Wildman–Crippen LogP) is 3.14. The summed E-state index contributed by atoms with van der Waals surface area (Å²) in [6.45, 7) is 0. The predicted molar refractivity (Wildman–Crippen MR) is 108 cm³/mol. The second-order valence-electron chi connectivity index (χ2n) is 6.45. The number of benzene rings is 2. The van der Waals surface area contributed by atoms with Crippen LogP contribution in [-0.2, 0) is 21.2 Å². The molecule has 4 rings (SSSR count). The van der Waals surface area contributed by atoms with Gasteiger partial charge >= 0.3 is 0 Å². The summed E-state index contributed by atoms with van der Waals surface area (Å²) >= 11 is 0. The fourth-order valence-electron chi connectivity index (χ4n) is 3.03. The largest absolute Gasteiger partial charge is 0.354 e.